The number of hydrogen-bond donors (Lipinski definition) is 1. The summed E-state index contributed by atoms with van der Waals surface area (Å²) >= 11 is 5.73. The fourth-order valence-corrected chi connectivity index (χ4v) is 1.25. The quantitative estimate of drug-likeness (QED) is 0.843. The van der Waals surface area contributed by atoms with Crippen LogP contribution in [0, 0.1) is 6.92 Å². The fraction of sp³-hybridized carbons (Fsp3) is 0.0909. The van der Waals surface area contributed by atoms with Gasteiger partial charge in [0.05, 0.1) is 16.9 Å². The van der Waals surface area contributed by atoms with Crippen molar-refractivity contribution in [1.82, 2.24) is 9.97 Å². The number of hydrogen-bond acceptors (Lipinski definition) is 3. The van der Waals surface area contributed by atoms with E-state index in [0.29, 0.717) is 5.02 Å². The van der Waals surface area contributed by atoms with Crippen molar-refractivity contribution in [3.8, 4) is 0 Å². The highest BCUT2D eigenvalue weighted by Crippen LogP contribution is 2.15. The zero-order chi connectivity index (χ0) is 10.7. The molecule has 15 heavy (non-hydrogen) atoms. The van der Waals surface area contributed by atoms with Gasteiger partial charge in [0.15, 0.2) is 0 Å². The SMILES string of the molecule is Cc1ccc(Nc2ccc(Cl)cn2)cn1. The van der Waals surface area contributed by atoms with Crippen LogP contribution in [0.3, 0.4) is 0 Å². The Balaban J connectivity index is 2.15. The van der Waals surface area contributed by atoms with Crippen LogP contribution in [0.4, 0.5) is 11.5 Å². The van der Waals surface area contributed by atoms with Crippen molar-refractivity contribution in [2.45, 2.75) is 6.92 Å². The average molecular weight is 220 g/mol. The molecule has 0 fully saturated rings. The van der Waals surface area contributed by atoms with Gasteiger partial charge in [-0.1, -0.05) is 11.6 Å². The monoisotopic (exact) mass is 219 g/mol. The Morgan fingerprint density at radius 2 is 1.93 bits per heavy atom. The molecule has 3 nitrogen and oxygen atoms in total. The minimum Gasteiger partial charge on any atom is -0.339 e. The largest absolute Gasteiger partial charge is 0.339 e. The molecule has 0 amide bonds. The first-order valence-electron chi connectivity index (χ1n) is 4.55. The van der Waals surface area contributed by atoms with Crippen LogP contribution in [0.1, 0.15) is 5.69 Å². The summed E-state index contributed by atoms with van der Waals surface area (Å²) in [7, 11) is 0. The Kier molecular flexibility index (Phi) is 2.83. The van der Waals surface area contributed by atoms with E-state index in [4.69, 9.17) is 11.6 Å². The van der Waals surface area contributed by atoms with Crippen molar-refractivity contribution < 1.29 is 0 Å². The Hall–Kier alpha value is -1.61. The molecule has 0 radical (unpaired) electrons. The van der Waals surface area contributed by atoms with Gasteiger partial charge in [0.1, 0.15) is 5.82 Å². The van der Waals surface area contributed by atoms with E-state index >= 15 is 0 Å². The van der Waals surface area contributed by atoms with Crippen molar-refractivity contribution in [1.29, 1.82) is 0 Å². The maximum atomic E-state index is 5.73. The minimum absolute atomic E-state index is 0.627. The molecule has 0 aliphatic heterocycles. The number of anilines is 2. The molecule has 0 atom stereocenters. The molecule has 1 N–H and O–H groups in total. The highest BCUT2D eigenvalue weighted by Gasteiger charge is 1.95. The summed E-state index contributed by atoms with van der Waals surface area (Å²) in [5, 5.41) is 3.75. The van der Waals surface area contributed by atoms with Crippen LogP contribution < -0.4 is 5.32 Å². The second-order valence-corrected chi connectivity index (χ2v) is 3.61. The van der Waals surface area contributed by atoms with Gasteiger partial charge in [-0.05, 0) is 31.2 Å². The number of halogens is 1. The van der Waals surface area contributed by atoms with Crippen molar-refractivity contribution in [3.63, 3.8) is 0 Å². The van der Waals surface area contributed by atoms with Crippen LogP contribution >= 0.6 is 11.6 Å². The summed E-state index contributed by atoms with van der Waals surface area (Å²) in [6, 6.07) is 7.51. The average Bonchev–Trinajstić information content (AvgIpc) is 2.25. The molecule has 0 spiro atoms. The molecule has 0 aromatic carbocycles. The molecular formula is C11H10ClN3. The lowest BCUT2D eigenvalue weighted by molar-refractivity contribution is 1.19. The molecule has 0 bridgehead atoms. The van der Waals surface area contributed by atoms with Crippen LogP contribution in [0.15, 0.2) is 36.7 Å². The first kappa shape index (κ1) is 9.93. The van der Waals surface area contributed by atoms with Gasteiger partial charge in [-0.15, -0.1) is 0 Å². The fourth-order valence-electron chi connectivity index (χ4n) is 1.14. The number of nitrogens with zero attached hydrogens (tertiary/aromatic N) is 2. The zero-order valence-electron chi connectivity index (χ0n) is 8.24. The van der Waals surface area contributed by atoms with Gasteiger partial charge in [0, 0.05) is 11.9 Å². The molecule has 2 aromatic rings. The van der Waals surface area contributed by atoms with E-state index in [1.807, 2.05) is 25.1 Å². The number of aromatic nitrogens is 2. The predicted octanol–water partition coefficient (Wildman–Crippen LogP) is 3.18. The second kappa shape index (κ2) is 4.28. The van der Waals surface area contributed by atoms with E-state index in [0.717, 1.165) is 17.2 Å². The highest BCUT2D eigenvalue weighted by molar-refractivity contribution is 6.30. The number of rotatable bonds is 2. The molecule has 76 valence electrons. The number of aryl methyl sites for hydroxylation is 1. The maximum Gasteiger partial charge on any atom is 0.130 e. The topological polar surface area (TPSA) is 37.8 Å². The van der Waals surface area contributed by atoms with Gasteiger partial charge in [-0.25, -0.2) is 4.98 Å². The third-order valence-corrected chi connectivity index (χ3v) is 2.13. The van der Waals surface area contributed by atoms with Gasteiger partial charge in [-0.3, -0.25) is 4.98 Å². The number of pyridine rings is 2. The highest BCUT2D eigenvalue weighted by atomic mass is 35.5. The van der Waals surface area contributed by atoms with Gasteiger partial charge in [-0.2, -0.15) is 0 Å². The maximum absolute atomic E-state index is 5.73. The van der Waals surface area contributed by atoms with Gasteiger partial charge in [0.25, 0.3) is 0 Å². The van der Waals surface area contributed by atoms with E-state index in [-0.39, 0.29) is 0 Å². The summed E-state index contributed by atoms with van der Waals surface area (Å²) in [4.78, 5) is 8.30. The standard InChI is InChI=1S/C11H10ClN3/c1-8-2-4-10(7-13-8)15-11-5-3-9(12)6-14-11/h2-7H,1H3,(H,14,15). The first-order valence-corrected chi connectivity index (χ1v) is 4.93. The Morgan fingerprint density at radius 3 is 2.53 bits per heavy atom. The smallest absolute Gasteiger partial charge is 0.130 e. The lowest BCUT2D eigenvalue weighted by Crippen LogP contribution is -1.93. The molecular weight excluding hydrogens is 210 g/mol. The van der Waals surface area contributed by atoms with Crippen molar-refractivity contribution >= 4 is 23.1 Å². The van der Waals surface area contributed by atoms with Gasteiger partial charge >= 0.3 is 0 Å². The molecule has 2 aromatic heterocycles. The first-order chi connectivity index (χ1) is 7.24. The minimum atomic E-state index is 0.627. The summed E-state index contributed by atoms with van der Waals surface area (Å²) < 4.78 is 0. The van der Waals surface area contributed by atoms with E-state index in [1.54, 1.807) is 18.5 Å². The van der Waals surface area contributed by atoms with E-state index in [2.05, 4.69) is 15.3 Å². The van der Waals surface area contributed by atoms with Crippen LogP contribution in [0.5, 0.6) is 0 Å². The van der Waals surface area contributed by atoms with Crippen LogP contribution in [-0.2, 0) is 0 Å². The normalized spacial score (nSPS) is 10.0. The summed E-state index contributed by atoms with van der Waals surface area (Å²) in [5.41, 5.74) is 1.90. The lowest BCUT2D eigenvalue weighted by Gasteiger charge is -2.04. The lowest BCUT2D eigenvalue weighted by atomic mass is 10.3. The molecule has 0 aliphatic carbocycles. The molecule has 0 saturated carbocycles. The third-order valence-electron chi connectivity index (χ3n) is 1.91. The summed E-state index contributed by atoms with van der Waals surface area (Å²) in [5.74, 6) is 0.755. The van der Waals surface area contributed by atoms with Crippen LogP contribution in [0.2, 0.25) is 5.02 Å². The van der Waals surface area contributed by atoms with Crippen molar-refractivity contribution in [2.75, 3.05) is 5.32 Å². The zero-order valence-corrected chi connectivity index (χ0v) is 8.99. The summed E-state index contributed by atoms with van der Waals surface area (Å²) in [6.07, 6.45) is 3.37. The third kappa shape index (κ3) is 2.67. The second-order valence-electron chi connectivity index (χ2n) is 3.17. The molecule has 0 unspecified atom stereocenters. The van der Waals surface area contributed by atoms with Crippen LogP contribution in [0.25, 0.3) is 0 Å². The Labute approximate surface area is 93.1 Å². The van der Waals surface area contributed by atoms with Gasteiger partial charge in [0.2, 0.25) is 0 Å². The van der Waals surface area contributed by atoms with E-state index in [1.165, 1.54) is 0 Å². The van der Waals surface area contributed by atoms with E-state index in [9.17, 15) is 0 Å². The molecule has 2 heterocycles. The van der Waals surface area contributed by atoms with Gasteiger partial charge < -0.3 is 5.32 Å². The molecule has 0 saturated heterocycles. The van der Waals surface area contributed by atoms with E-state index < -0.39 is 0 Å². The number of nitrogens with one attached hydrogen (secondary N) is 1. The van der Waals surface area contributed by atoms with Crippen LogP contribution in [-0.4, -0.2) is 9.97 Å². The molecule has 2 rings (SSSR count). The van der Waals surface area contributed by atoms with Crippen molar-refractivity contribution in [3.05, 3.63) is 47.4 Å². The Morgan fingerprint density at radius 1 is 1.07 bits per heavy atom. The molecule has 4 heteroatoms. The predicted molar refractivity (Wildman–Crippen MR) is 61.5 cm³/mol. The summed E-state index contributed by atoms with van der Waals surface area (Å²) in [6.45, 7) is 1.95. The van der Waals surface area contributed by atoms with Crippen molar-refractivity contribution in [2.24, 2.45) is 0 Å². The molecule has 0 aliphatic rings. The Bertz CT molecular complexity index is 393.